The zero-order valence-corrected chi connectivity index (χ0v) is 19.0. The summed E-state index contributed by atoms with van der Waals surface area (Å²) in [7, 11) is 0. The Hall–Kier alpha value is -1.87. The second-order valence-electron chi connectivity index (χ2n) is 7.11. The Morgan fingerprint density at radius 2 is 2.10 bits per heavy atom. The number of carbonyl (C=O) groups is 2. The van der Waals surface area contributed by atoms with Crippen molar-refractivity contribution in [1.82, 2.24) is 14.8 Å². The molecule has 1 N–H and O–H groups in total. The van der Waals surface area contributed by atoms with Gasteiger partial charge >= 0.3 is 5.97 Å². The van der Waals surface area contributed by atoms with Crippen LogP contribution in [0, 0.1) is 5.92 Å². The fraction of sp³-hybridized carbons (Fsp3) is 0.600. The monoisotopic (exact) mass is 436 g/mol. The van der Waals surface area contributed by atoms with Crippen molar-refractivity contribution in [2.75, 3.05) is 17.7 Å². The van der Waals surface area contributed by atoms with Crippen LogP contribution in [0.2, 0.25) is 0 Å². The van der Waals surface area contributed by atoms with E-state index in [4.69, 9.17) is 4.74 Å². The van der Waals surface area contributed by atoms with Crippen molar-refractivity contribution in [2.24, 2.45) is 5.92 Å². The van der Waals surface area contributed by atoms with E-state index >= 15 is 0 Å². The zero-order chi connectivity index (χ0) is 21.0. The molecule has 1 unspecified atom stereocenters. The Balaban J connectivity index is 1.74. The summed E-state index contributed by atoms with van der Waals surface area (Å²) in [5, 5.41) is 12.7. The maximum Gasteiger partial charge on any atom is 0.341 e. The number of ether oxygens (including phenoxy) is 1. The van der Waals surface area contributed by atoms with Crippen LogP contribution in [-0.2, 0) is 35.3 Å². The van der Waals surface area contributed by atoms with E-state index in [-0.39, 0.29) is 17.6 Å². The fourth-order valence-corrected chi connectivity index (χ4v) is 5.79. The van der Waals surface area contributed by atoms with Crippen LogP contribution in [0.3, 0.4) is 0 Å². The lowest BCUT2D eigenvalue weighted by Gasteiger charge is -2.18. The van der Waals surface area contributed by atoms with Crippen molar-refractivity contribution >= 4 is 40.0 Å². The Labute approximate surface area is 179 Å². The molecule has 0 fully saturated rings. The molecule has 1 aliphatic carbocycles. The molecule has 0 saturated carbocycles. The fourth-order valence-electron chi connectivity index (χ4n) is 3.56. The molecule has 29 heavy (non-hydrogen) atoms. The van der Waals surface area contributed by atoms with Gasteiger partial charge in [-0.1, -0.05) is 25.6 Å². The molecule has 1 atom stereocenters. The molecule has 9 heteroatoms. The number of fused-ring (bicyclic) bond motifs is 1. The summed E-state index contributed by atoms with van der Waals surface area (Å²) >= 11 is 2.87. The zero-order valence-electron chi connectivity index (χ0n) is 17.4. The highest BCUT2D eigenvalue weighted by atomic mass is 32.2. The number of aryl methyl sites for hydroxylation is 1. The third kappa shape index (κ3) is 4.83. The van der Waals surface area contributed by atoms with Crippen LogP contribution in [0.15, 0.2) is 5.16 Å². The molecule has 2 heterocycles. The van der Waals surface area contributed by atoms with Gasteiger partial charge in [0.2, 0.25) is 5.91 Å². The largest absolute Gasteiger partial charge is 0.462 e. The van der Waals surface area contributed by atoms with Gasteiger partial charge in [0.25, 0.3) is 0 Å². The number of hydrogen-bond acceptors (Lipinski definition) is 7. The van der Waals surface area contributed by atoms with Crippen LogP contribution in [0.25, 0.3) is 0 Å². The maximum atomic E-state index is 12.6. The summed E-state index contributed by atoms with van der Waals surface area (Å²) in [6.45, 7) is 9.17. The Morgan fingerprint density at radius 1 is 1.31 bits per heavy atom. The molecule has 2 aromatic heterocycles. The first kappa shape index (κ1) is 21.8. The molecule has 1 aliphatic rings. The van der Waals surface area contributed by atoms with Gasteiger partial charge in [-0.15, -0.1) is 21.5 Å². The van der Waals surface area contributed by atoms with Crippen LogP contribution < -0.4 is 5.32 Å². The first-order valence-electron chi connectivity index (χ1n) is 10.1. The van der Waals surface area contributed by atoms with Crippen LogP contribution >= 0.6 is 23.1 Å². The van der Waals surface area contributed by atoms with Crippen molar-refractivity contribution in [3.63, 3.8) is 0 Å². The summed E-state index contributed by atoms with van der Waals surface area (Å²) in [5.74, 6) is 1.21. The summed E-state index contributed by atoms with van der Waals surface area (Å²) < 4.78 is 7.29. The van der Waals surface area contributed by atoms with Gasteiger partial charge < -0.3 is 14.6 Å². The molecule has 0 aromatic carbocycles. The number of aromatic nitrogens is 3. The van der Waals surface area contributed by atoms with Crippen LogP contribution in [0.5, 0.6) is 0 Å². The van der Waals surface area contributed by atoms with Crippen molar-refractivity contribution in [3.8, 4) is 0 Å². The highest BCUT2D eigenvalue weighted by Crippen LogP contribution is 2.40. The predicted molar refractivity (Wildman–Crippen MR) is 116 cm³/mol. The number of hydrogen-bond donors (Lipinski definition) is 1. The van der Waals surface area contributed by atoms with E-state index in [1.54, 1.807) is 6.92 Å². The van der Waals surface area contributed by atoms with E-state index in [2.05, 4.69) is 22.4 Å². The van der Waals surface area contributed by atoms with E-state index in [9.17, 15) is 9.59 Å². The lowest BCUT2D eigenvalue weighted by Crippen LogP contribution is -2.18. The average Bonchev–Trinajstić information content (AvgIpc) is 3.25. The minimum atomic E-state index is -0.346. The second kappa shape index (κ2) is 9.75. The standard InChI is InChI=1S/C20H28N4O3S2/c1-5-15-22-23-20(24(15)6-2)28-11-16(25)21-18-17(19(26)27-7-3)13-9-8-12(4)10-14(13)29-18/h12H,5-11H2,1-4H3,(H,21,25). The normalized spacial score (nSPS) is 15.8. The van der Waals surface area contributed by atoms with E-state index < -0.39 is 0 Å². The average molecular weight is 437 g/mol. The van der Waals surface area contributed by atoms with Gasteiger partial charge in [-0.25, -0.2) is 4.79 Å². The van der Waals surface area contributed by atoms with Gasteiger partial charge in [-0.3, -0.25) is 4.79 Å². The van der Waals surface area contributed by atoms with Gasteiger partial charge in [0.15, 0.2) is 5.16 Å². The lowest BCUT2D eigenvalue weighted by molar-refractivity contribution is -0.113. The van der Waals surface area contributed by atoms with Gasteiger partial charge in [-0.2, -0.15) is 0 Å². The minimum absolute atomic E-state index is 0.157. The van der Waals surface area contributed by atoms with Crippen molar-refractivity contribution in [3.05, 3.63) is 21.8 Å². The summed E-state index contributed by atoms with van der Waals surface area (Å²) in [5.41, 5.74) is 1.59. The Kier molecular flexibility index (Phi) is 7.34. The van der Waals surface area contributed by atoms with Gasteiger partial charge in [0.05, 0.1) is 17.9 Å². The molecule has 158 valence electrons. The van der Waals surface area contributed by atoms with Crippen LogP contribution in [-0.4, -0.2) is 39.0 Å². The molecule has 0 saturated heterocycles. The number of nitrogens with one attached hydrogen (secondary N) is 1. The summed E-state index contributed by atoms with van der Waals surface area (Å²) in [6, 6.07) is 0. The first-order valence-corrected chi connectivity index (χ1v) is 11.9. The molecule has 0 spiro atoms. The number of thioether (sulfide) groups is 1. The molecule has 0 radical (unpaired) electrons. The minimum Gasteiger partial charge on any atom is -0.462 e. The maximum absolute atomic E-state index is 12.6. The summed E-state index contributed by atoms with van der Waals surface area (Å²) in [6.07, 6.45) is 3.64. The smallest absolute Gasteiger partial charge is 0.341 e. The number of amides is 1. The third-order valence-electron chi connectivity index (χ3n) is 5.00. The van der Waals surface area contributed by atoms with Gasteiger partial charge in [-0.05, 0) is 44.6 Å². The van der Waals surface area contributed by atoms with Crippen LogP contribution in [0.1, 0.15) is 60.7 Å². The molecule has 3 rings (SSSR count). The van der Waals surface area contributed by atoms with Gasteiger partial charge in [0.1, 0.15) is 10.8 Å². The number of esters is 1. The van der Waals surface area contributed by atoms with Crippen molar-refractivity contribution in [2.45, 2.75) is 65.1 Å². The molecular weight excluding hydrogens is 408 g/mol. The Morgan fingerprint density at radius 3 is 2.79 bits per heavy atom. The first-order chi connectivity index (χ1) is 14.0. The molecule has 0 bridgehead atoms. The van der Waals surface area contributed by atoms with Crippen molar-refractivity contribution < 1.29 is 14.3 Å². The quantitative estimate of drug-likeness (QED) is 0.498. The predicted octanol–water partition coefficient (Wildman–Crippen LogP) is 3.95. The summed E-state index contributed by atoms with van der Waals surface area (Å²) in [4.78, 5) is 26.4. The SMILES string of the molecule is CCOC(=O)c1c(NC(=O)CSc2nnc(CC)n2CC)sc2c1CCC(C)C2. The van der Waals surface area contributed by atoms with Crippen molar-refractivity contribution in [1.29, 1.82) is 0 Å². The third-order valence-corrected chi connectivity index (χ3v) is 7.14. The number of thiophene rings is 1. The Bertz CT molecular complexity index is 891. The molecule has 7 nitrogen and oxygen atoms in total. The molecule has 0 aliphatic heterocycles. The second-order valence-corrected chi connectivity index (χ2v) is 9.16. The molecular formula is C20H28N4O3S2. The highest BCUT2D eigenvalue weighted by Gasteiger charge is 2.29. The number of nitrogens with zero attached hydrogens (tertiary/aromatic N) is 3. The lowest BCUT2D eigenvalue weighted by atomic mass is 9.88. The number of carbonyl (C=O) groups excluding carboxylic acids is 2. The van der Waals surface area contributed by atoms with Gasteiger partial charge in [0, 0.05) is 17.8 Å². The van der Waals surface area contributed by atoms with E-state index in [1.807, 2.05) is 18.4 Å². The highest BCUT2D eigenvalue weighted by molar-refractivity contribution is 7.99. The van der Waals surface area contributed by atoms with E-state index in [0.29, 0.717) is 23.1 Å². The molecule has 1 amide bonds. The number of anilines is 1. The topological polar surface area (TPSA) is 86.1 Å². The number of rotatable bonds is 8. The van der Waals surface area contributed by atoms with E-state index in [0.717, 1.165) is 48.8 Å². The van der Waals surface area contributed by atoms with E-state index in [1.165, 1.54) is 28.0 Å². The van der Waals surface area contributed by atoms with Crippen LogP contribution in [0.4, 0.5) is 5.00 Å². The molecule has 2 aromatic rings.